The molecule has 2 atom stereocenters. The van der Waals surface area contributed by atoms with Crippen molar-refractivity contribution in [1.29, 1.82) is 0 Å². The van der Waals surface area contributed by atoms with Gasteiger partial charge in [-0.15, -0.1) is 0 Å². The van der Waals surface area contributed by atoms with Gasteiger partial charge in [0.2, 0.25) is 0 Å². The number of para-hydroxylation sites is 1. The van der Waals surface area contributed by atoms with Gasteiger partial charge in [-0.25, -0.2) is 0 Å². The summed E-state index contributed by atoms with van der Waals surface area (Å²) in [5, 5.41) is 3.53. The number of rotatable bonds is 0. The SMILES string of the molecule is C1=C[C@@H]2c3cccc4c3N(CCNC4)C[C@@H]2C1. The first kappa shape index (κ1) is 9.72. The van der Waals surface area contributed by atoms with Gasteiger partial charge in [-0.2, -0.15) is 0 Å². The van der Waals surface area contributed by atoms with Gasteiger partial charge < -0.3 is 10.2 Å². The van der Waals surface area contributed by atoms with Crippen molar-refractivity contribution in [2.24, 2.45) is 5.92 Å². The average Bonchev–Trinajstić information content (AvgIpc) is 2.73. The maximum atomic E-state index is 3.53. The molecule has 0 spiro atoms. The van der Waals surface area contributed by atoms with E-state index in [1.54, 1.807) is 5.56 Å². The van der Waals surface area contributed by atoms with E-state index in [4.69, 9.17) is 0 Å². The molecule has 1 aliphatic carbocycles. The number of hydrogen-bond acceptors (Lipinski definition) is 2. The molecule has 0 aromatic heterocycles. The standard InChI is InChI=1S/C15H18N2/c1-3-11-9-16-7-8-17-10-12-4-2-5-13(12)14(6-1)15(11)17/h1-3,5-6,12-13,16H,4,7-10H2/t12-,13-/m0/s1. The van der Waals surface area contributed by atoms with Crippen LogP contribution in [0, 0.1) is 5.92 Å². The van der Waals surface area contributed by atoms with Crippen molar-refractivity contribution in [3.8, 4) is 0 Å². The topological polar surface area (TPSA) is 15.3 Å². The number of fused-ring (bicyclic) bond motifs is 2. The quantitative estimate of drug-likeness (QED) is 0.683. The molecule has 2 heteroatoms. The van der Waals surface area contributed by atoms with E-state index in [0.29, 0.717) is 5.92 Å². The Kier molecular flexibility index (Phi) is 2.06. The fourth-order valence-corrected chi connectivity index (χ4v) is 3.67. The smallest absolute Gasteiger partial charge is 0.0451 e. The van der Waals surface area contributed by atoms with Gasteiger partial charge in [0.25, 0.3) is 0 Å². The molecule has 2 aliphatic heterocycles. The summed E-state index contributed by atoms with van der Waals surface area (Å²) < 4.78 is 0. The minimum Gasteiger partial charge on any atom is -0.369 e. The van der Waals surface area contributed by atoms with Crippen LogP contribution in [0.2, 0.25) is 0 Å². The highest BCUT2D eigenvalue weighted by molar-refractivity contribution is 5.65. The van der Waals surface area contributed by atoms with Gasteiger partial charge in [0, 0.05) is 37.8 Å². The third kappa shape index (κ3) is 1.37. The van der Waals surface area contributed by atoms with Crippen LogP contribution in [0.15, 0.2) is 30.4 Å². The zero-order valence-electron chi connectivity index (χ0n) is 10.0. The van der Waals surface area contributed by atoms with E-state index in [2.05, 4.69) is 40.6 Å². The normalized spacial score (nSPS) is 29.8. The molecule has 17 heavy (non-hydrogen) atoms. The third-order valence-electron chi connectivity index (χ3n) is 4.45. The summed E-state index contributed by atoms with van der Waals surface area (Å²) in [6.45, 7) is 4.54. The molecule has 0 amide bonds. The molecule has 3 aliphatic rings. The molecule has 2 nitrogen and oxygen atoms in total. The molecule has 0 radical (unpaired) electrons. The predicted molar refractivity (Wildman–Crippen MR) is 70.3 cm³/mol. The Balaban J connectivity index is 1.90. The fraction of sp³-hybridized carbons (Fsp3) is 0.467. The summed E-state index contributed by atoms with van der Waals surface area (Å²) in [4.78, 5) is 2.61. The van der Waals surface area contributed by atoms with Crippen LogP contribution < -0.4 is 10.2 Å². The Hall–Kier alpha value is -1.28. The summed E-state index contributed by atoms with van der Waals surface area (Å²) in [6.07, 6.45) is 6.06. The summed E-state index contributed by atoms with van der Waals surface area (Å²) in [7, 11) is 0. The Morgan fingerprint density at radius 1 is 1.29 bits per heavy atom. The van der Waals surface area contributed by atoms with Crippen molar-refractivity contribution in [2.45, 2.75) is 18.9 Å². The molecule has 0 bridgehead atoms. The summed E-state index contributed by atoms with van der Waals surface area (Å²) in [5.74, 6) is 1.50. The highest BCUT2D eigenvalue weighted by Gasteiger charge is 2.35. The lowest BCUT2D eigenvalue weighted by atomic mass is 9.82. The molecule has 0 saturated heterocycles. The zero-order valence-corrected chi connectivity index (χ0v) is 10.0. The average molecular weight is 226 g/mol. The second-order valence-electron chi connectivity index (χ2n) is 5.43. The van der Waals surface area contributed by atoms with Crippen molar-refractivity contribution in [3.05, 3.63) is 41.5 Å². The van der Waals surface area contributed by atoms with Crippen LogP contribution in [-0.2, 0) is 6.54 Å². The Morgan fingerprint density at radius 3 is 3.29 bits per heavy atom. The van der Waals surface area contributed by atoms with Gasteiger partial charge in [0.15, 0.2) is 0 Å². The number of allylic oxidation sites excluding steroid dienone is 2. The van der Waals surface area contributed by atoms with Crippen molar-refractivity contribution in [1.82, 2.24) is 5.32 Å². The van der Waals surface area contributed by atoms with Crippen LogP contribution in [0.4, 0.5) is 5.69 Å². The molecule has 88 valence electrons. The zero-order chi connectivity index (χ0) is 11.2. The highest BCUT2D eigenvalue weighted by Crippen LogP contribution is 2.45. The lowest BCUT2D eigenvalue weighted by Crippen LogP contribution is -2.38. The number of hydrogen-bond donors (Lipinski definition) is 1. The van der Waals surface area contributed by atoms with Crippen molar-refractivity contribution >= 4 is 5.69 Å². The summed E-state index contributed by atoms with van der Waals surface area (Å²) in [6, 6.07) is 6.85. The first-order valence-electron chi connectivity index (χ1n) is 6.67. The molecule has 2 heterocycles. The van der Waals surface area contributed by atoms with E-state index in [1.807, 2.05) is 0 Å². The second-order valence-corrected chi connectivity index (χ2v) is 5.43. The molecular formula is C15H18N2. The van der Waals surface area contributed by atoms with Gasteiger partial charge in [-0.3, -0.25) is 0 Å². The van der Waals surface area contributed by atoms with Crippen molar-refractivity contribution in [3.63, 3.8) is 0 Å². The highest BCUT2D eigenvalue weighted by atomic mass is 15.2. The van der Waals surface area contributed by atoms with Crippen LogP contribution in [0.1, 0.15) is 23.5 Å². The van der Waals surface area contributed by atoms with Gasteiger partial charge in [0.05, 0.1) is 0 Å². The van der Waals surface area contributed by atoms with E-state index >= 15 is 0 Å². The van der Waals surface area contributed by atoms with E-state index in [9.17, 15) is 0 Å². The largest absolute Gasteiger partial charge is 0.369 e. The van der Waals surface area contributed by atoms with E-state index < -0.39 is 0 Å². The number of nitrogens with zero attached hydrogens (tertiary/aromatic N) is 1. The molecule has 1 aromatic carbocycles. The van der Waals surface area contributed by atoms with Crippen LogP contribution >= 0.6 is 0 Å². The van der Waals surface area contributed by atoms with Crippen LogP contribution in [0.5, 0.6) is 0 Å². The maximum Gasteiger partial charge on any atom is 0.0451 e. The molecule has 4 rings (SSSR count). The lowest BCUT2D eigenvalue weighted by molar-refractivity contribution is 0.476. The second kappa shape index (κ2) is 3.61. The monoisotopic (exact) mass is 226 g/mol. The van der Waals surface area contributed by atoms with Crippen LogP contribution in [0.3, 0.4) is 0 Å². The first-order chi connectivity index (χ1) is 8.43. The third-order valence-corrected chi connectivity index (χ3v) is 4.45. The van der Waals surface area contributed by atoms with E-state index in [0.717, 1.165) is 25.6 Å². The molecule has 0 fully saturated rings. The predicted octanol–water partition coefficient (Wildman–Crippen LogP) is 2.27. The van der Waals surface area contributed by atoms with Crippen LogP contribution in [0.25, 0.3) is 0 Å². The molecular weight excluding hydrogens is 208 g/mol. The number of nitrogens with one attached hydrogen (secondary N) is 1. The molecule has 1 N–H and O–H groups in total. The van der Waals surface area contributed by atoms with E-state index in [-0.39, 0.29) is 0 Å². The van der Waals surface area contributed by atoms with Crippen molar-refractivity contribution in [2.75, 3.05) is 24.5 Å². The number of benzene rings is 1. The number of anilines is 1. The lowest BCUT2D eigenvalue weighted by Gasteiger charge is -2.38. The fourth-order valence-electron chi connectivity index (χ4n) is 3.67. The Labute approximate surface area is 102 Å². The van der Waals surface area contributed by atoms with Gasteiger partial charge in [-0.05, 0) is 23.5 Å². The summed E-state index contributed by atoms with van der Waals surface area (Å²) in [5.41, 5.74) is 4.58. The van der Waals surface area contributed by atoms with Gasteiger partial charge in [0.1, 0.15) is 0 Å². The van der Waals surface area contributed by atoms with E-state index in [1.165, 1.54) is 24.2 Å². The Morgan fingerprint density at radius 2 is 2.29 bits per heavy atom. The Bertz CT molecular complexity index is 478. The minimum absolute atomic E-state index is 0.680. The van der Waals surface area contributed by atoms with Crippen LogP contribution in [-0.4, -0.2) is 19.6 Å². The maximum absolute atomic E-state index is 3.53. The molecule has 0 unspecified atom stereocenters. The summed E-state index contributed by atoms with van der Waals surface area (Å²) >= 11 is 0. The first-order valence-corrected chi connectivity index (χ1v) is 6.67. The minimum atomic E-state index is 0.680. The van der Waals surface area contributed by atoms with Gasteiger partial charge >= 0.3 is 0 Å². The van der Waals surface area contributed by atoms with Crippen molar-refractivity contribution < 1.29 is 0 Å². The molecule has 1 aromatic rings. The molecule has 0 saturated carbocycles. The van der Waals surface area contributed by atoms with Gasteiger partial charge in [-0.1, -0.05) is 30.4 Å².